The second-order valence-electron chi connectivity index (χ2n) is 8.80. The van der Waals surface area contributed by atoms with Gasteiger partial charge in [-0.15, -0.1) is 0 Å². The first-order valence-electron chi connectivity index (χ1n) is 11.7. The number of H-pyrrole nitrogens is 1. The first-order chi connectivity index (χ1) is 16.6. The van der Waals surface area contributed by atoms with E-state index in [4.69, 9.17) is 9.47 Å². The van der Waals surface area contributed by atoms with Crippen molar-refractivity contribution in [3.63, 3.8) is 0 Å². The lowest BCUT2D eigenvalue weighted by atomic mass is 9.97. The number of rotatable bonds is 7. The summed E-state index contributed by atoms with van der Waals surface area (Å²) in [5.74, 6) is 2.24. The Bertz CT molecular complexity index is 1110. The Hall–Kier alpha value is -3.43. The van der Waals surface area contributed by atoms with Crippen LogP contribution < -0.4 is 9.47 Å². The van der Waals surface area contributed by atoms with Gasteiger partial charge >= 0.3 is 0 Å². The van der Waals surface area contributed by atoms with Crippen molar-refractivity contribution >= 4 is 5.91 Å². The van der Waals surface area contributed by atoms with E-state index in [1.807, 2.05) is 30.3 Å². The Labute approximate surface area is 198 Å². The van der Waals surface area contributed by atoms with Gasteiger partial charge in [0.25, 0.3) is 5.91 Å². The van der Waals surface area contributed by atoms with Gasteiger partial charge in [0.05, 0.1) is 12.3 Å². The molecule has 1 unspecified atom stereocenters. The molecule has 2 aliphatic rings. The average molecular weight is 464 g/mol. The number of piperazine rings is 1. The number of aromatic amines is 1. The van der Waals surface area contributed by atoms with E-state index >= 15 is 0 Å². The minimum atomic E-state index is -0.926. The largest absolute Gasteiger partial charge is 0.493 e. The third-order valence-corrected chi connectivity index (χ3v) is 6.47. The van der Waals surface area contributed by atoms with Crippen molar-refractivity contribution in [2.75, 3.05) is 39.3 Å². The molecular formula is C25H29N5O4. The number of aliphatic hydroxyl groups excluding tert-OH is 1. The summed E-state index contributed by atoms with van der Waals surface area (Å²) in [6.45, 7) is 6.14. The van der Waals surface area contributed by atoms with Gasteiger partial charge in [-0.1, -0.05) is 6.07 Å². The molecule has 2 N–H and O–H groups in total. The van der Waals surface area contributed by atoms with Crippen molar-refractivity contribution in [2.24, 2.45) is 0 Å². The summed E-state index contributed by atoms with van der Waals surface area (Å²) in [5.41, 5.74) is 3.06. The Morgan fingerprint density at radius 3 is 2.79 bits per heavy atom. The number of carbonyl (C=O) groups is 1. The van der Waals surface area contributed by atoms with E-state index in [1.165, 1.54) is 12.5 Å². The minimum Gasteiger partial charge on any atom is -0.493 e. The number of pyridine rings is 1. The van der Waals surface area contributed by atoms with E-state index in [9.17, 15) is 9.90 Å². The van der Waals surface area contributed by atoms with Gasteiger partial charge in [0.1, 0.15) is 17.6 Å². The number of benzene rings is 1. The van der Waals surface area contributed by atoms with Gasteiger partial charge in [0, 0.05) is 67.8 Å². The summed E-state index contributed by atoms with van der Waals surface area (Å²) >= 11 is 0. The molecule has 2 aromatic heterocycles. The highest BCUT2D eigenvalue weighted by molar-refractivity contribution is 5.80. The number of nitrogens with zero attached hydrogens (tertiary/aromatic N) is 4. The molecule has 0 saturated carbocycles. The normalized spacial score (nSPS) is 18.9. The number of hydrogen-bond acceptors (Lipinski definition) is 7. The average Bonchev–Trinajstić information content (AvgIpc) is 3.53. The second-order valence-corrected chi connectivity index (χ2v) is 8.80. The molecule has 1 aromatic carbocycles. The van der Waals surface area contributed by atoms with Crippen LogP contribution in [0.2, 0.25) is 0 Å². The van der Waals surface area contributed by atoms with Crippen molar-refractivity contribution < 1.29 is 19.4 Å². The second kappa shape index (κ2) is 9.82. The van der Waals surface area contributed by atoms with Crippen LogP contribution in [0.25, 0.3) is 11.3 Å². The first-order valence-corrected chi connectivity index (χ1v) is 11.7. The summed E-state index contributed by atoms with van der Waals surface area (Å²) < 4.78 is 11.9. The lowest BCUT2D eigenvalue weighted by molar-refractivity contribution is -0.141. The van der Waals surface area contributed by atoms with E-state index < -0.39 is 6.10 Å². The lowest BCUT2D eigenvalue weighted by Gasteiger charge is -2.35. The summed E-state index contributed by atoms with van der Waals surface area (Å²) in [4.78, 5) is 20.5. The van der Waals surface area contributed by atoms with Gasteiger partial charge in [-0.2, -0.15) is 5.10 Å². The van der Waals surface area contributed by atoms with Gasteiger partial charge in [0.15, 0.2) is 0 Å². The Morgan fingerprint density at radius 1 is 1.24 bits per heavy atom. The molecule has 2 aliphatic heterocycles. The van der Waals surface area contributed by atoms with Crippen LogP contribution >= 0.6 is 0 Å². The molecule has 9 heteroatoms. The van der Waals surface area contributed by atoms with Gasteiger partial charge in [-0.05, 0) is 38.1 Å². The van der Waals surface area contributed by atoms with Crippen LogP contribution in [0.3, 0.4) is 0 Å². The standard InChI is InChI=1S/C25H29N5O4/c1-17(31)25(32)30-12-10-29(11-13-30)9-7-19-16-33-23-14-20(3-4-21(19)23)34-24-5-2-18(15-26-24)22-6-8-27-28-22/h2-6,8,14-15,17,19,31H,7,9-13,16H2,1H3,(H,27,28)/t17-,19?/m0/s1. The fraction of sp³-hybridized carbons (Fsp3) is 0.400. The van der Waals surface area contributed by atoms with Crippen LogP contribution in [0, 0.1) is 0 Å². The molecule has 1 saturated heterocycles. The number of aliphatic hydroxyl groups is 1. The highest BCUT2D eigenvalue weighted by Crippen LogP contribution is 2.39. The predicted octanol–water partition coefficient (Wildman–Crippen LogP) is 2.66. The van der Waals surface area contributed by atoms with Crippen LogP contribution in [0.5, 0.6) is 17.4 Å². The van der Waals surface area contributed by atoms with Crippen LogP contribution in [-0.4, -0.2) is 81.4 Å². The fourth-order valence-corrected chi connectivity index (χ4v) is 4.49. The monoisotopic (exact) mass is 463 g/mol. The molecule has 5 rings (SSSR count). The lowest BCUT2D eigenvalue weighted by Crippen LogP contribution is -2.51. The molecule has 0 aliphatic carbocycles. The minimum absolute atomic E-state index is 0.181. The molecule has 34 heavy (non-hydrogen) atoms. The van der Waals surface area contributed by atoms with Gasteiger partial charge in [0.2, 0.25) is 5.88 Å². The number of aromatic nitrogens is 3. The van der Waals surface area contributed by atoms with E-state index in [2.05, 4.69) is 26.1 Å². The molecule has 1 amide bonds. The zero-order chi connectivity index (χ0) is 23.5. The van der Waals surface area contributed by atoms with Crippen molar-refractivity contribution in [1.82, 2.24) is 25.0 Å². The Morgan fingerprint density at radius 2 is 2.09 bits per heavy atom. The summed E-state index contributed by atoms with van der Waals surface area (Å²) in [6, 6.07) is 11.6. The maximum absolute atomic E-state index is 11.9. The maximum Gasteiger partial charge on any atom is 0.251 e. The molecular weight excluding hydrogens is 434 g/mol. The zero-order valence-corrected chi connectivity index (χ0v) is 19.2. The number of ether oxygens (including phenoxy) is 2. The molecule has 4 heterocycles. The predicted molar refractivity (Wildman–Crippen MR) is 126 cm³/mol. The topological polar surface area (TPSA) is 104 Å². The van der Waals surface area contributed by atoms with E-state index in [0.29, 0.717) is 37.2 Å². The molecule has 0 radical (unpaired) electrons. The smallest absolute Gasteiger partial charge is 0.251 e. The molecule has 178 valence electrons. The molecule has 1 fully saturated rings. The molecule has 9 nitrogen and oxygen atoms in total. The third kappa shape index (κ3) is 4.90. The summed E-state index contributed by atoms with van der Waals surface area (Å²) in [5, 5.41) is 16.4. The highest BCUT2D eigenvalue weighted by Gasteiger charge is 2.27. The molecule has 2 atom stereocenters. The summed E-state index contributed by atoms with van der Waals surface area (Å²) in [7, 11) is 0. The van der Waals surface area contributed by atoms with Crippen LogP contribution in [-0.2, 0) is 4.79 Å². The first kappa shape index (κ1) is 22.4. The van der Waals surface area contributed by atoms with Crippen molar-refractivity contribution in [3.8, 4) is 28.6 Å². The highest BCUT2D eigenvalue weighted by atomic mass is 16.5. The Kier molecular flexibility index (Phi) is 6.46. The van der Waals surface area contributed by atoms with Crippen molar-refractivity contribution in [1.29, 1.82) is 0 Å². The van der Waals surface area contributed by atoms with E-state index in [-0.39, 0.29) is 5.91 Å². The van der Waals surface area contributed by atoms with E-state index in [1.54, 1.807) is 17.3 Å². The number of amides is 1. The number of carbonyl (C=O) groups excluding carboxylic acids is 1. The van der Waals surface area contributed by atoms with Crippen LogP contribution in [0.4, 0.5) is 0 Å². The SMILES string of the molecule is C[C@H](O)C(=O)N1CCN(CCC2COc3cc(Oc4ccc(-c5ccn[nH]5)cn4)ccc32)CC1. The van der Waals surface area contributed by atoms with E-state index in [0.717, 1.165) is 43.1 Å². The molecule has 0 bridgehead atoms. The summed E-state index contributed by atoms with van der Waals surface area (Å²) in [6.07, 6.45) is 3.53. The Balaban J connectivity index is 1.14. The van der Waals surface area contributed by atoms with Gasteiger partial charge in [-0.25, -0.2) is 4.98 Å². The maximum atomic E-state index is 11.9. The van der Waals surface area contributed by atoms with Crippen molar-refractivity contribution in [2.45, 2.75) is 25.4 Å². The van der Waals surface area contributed by atoms with Gasteiger partial charge < -0.3 is 19.5 Å². The quantitative estimate of drug-likeness (QED) is 0.555. The number of hydrogen-bond donors (Lipinski definition) is 2. The molecule has 0 spiro atoms. The van der Waals surface area contributed by atoms with Crippen molar-refractivity contribution in [3.05, 3.63) is 54.4 Å². The number of nitrogens with one attached hydrogen (secondary N) is 1. The number of fused-ring (bicyclic) bond motifs is 1. The molecule has 3 aromatic rings. The fourth-order valence-electron chi connectivity index (χ4n) is 4.49. The van der Waals surface area contributed by atoms with Gasteiger partial charge in [-0.3, -0.25) is 14.8 Å². The third-order valence-electron chi connectivity index (χ3n) is 6.47. The van der Waals surface area contributed by atoms with Crippen LogP contribution in [0.1, 0.15) is 24.8 Å². The van der Waals surface area contributed by atoms with Crippen LogP contribution in [0.15, 0.2) is 48.8 Å². The zero-order valence-electron chi connectivity index (χ0n) is 19.2.